The van der Waals surface area contributed by atoms with Crippen molar-refractivity contribution < 1.29 is 4.79 Å². The fraction of sp³-hybridized carbons (Fsp3) is 0.308. The average molecular weight is 344 g/mol. The molecule has 1 N–H and O–H groups in total. The molecule has 0 saturated heterocycles. The lowest BCUT2D eigenvalue weighted by Crippen LogP contribution is -2.33. The number of halogens is 1. The van der Waals surface area contributed by atoms with Gasteiger partial charge in [0.25, 0.3) is 5.91 Å². The van der Waals surface area contributed by atoms with E-state index in [0.717, 1.165) is 15.8 Å². The summed E-state index contributed by atoms with van der Waals surface area (Å²) < 4.78 is 0.865. The smallest absolute Gasteiger partial charge is 0.262 e. The molecule has 0 spiro atoms. The lowest BCUT2D eigenvalue weighted by Gasteiger charge is -2.12. The standard InChI is InChI=1S/C13H14BrNOS2/c1-8(7-10-4-3-9(2)18-10)15-13(16)12-11(14)5-6-17-12/h3-6,8H,7H2,1-2H3,(H,15,16). The van der Waals surface area contributed by atoms with Crippen LogP contribution in [0.25, 0.3) is 0 Å². The summed E-state index contributed by atoms with van der Waals surface area (Å²) in [6, 6.07) is 6.28. The molecule has 2 heterocycles. The van der Waals surface area contributed by atoms with Gasteiger partial charge in [0.15, 0.2) is 0 Å². The van der Waals surface area contributed by atoms with Gasteiger partial charge < -0.3 is 5.32 Å². The molecule has 2 aromatic rings. The lowest BCUT2D eigenvalue weighted by molar-refractivity contribution is 0.0943. The summed E-state index contributed by atoms with van der Waals surface area (Å²) in [5, 5.41) is 4.94. The highest BCUT2D eigenvalue weighted by molar-refractivity contribution is 9.10. The third-order valence-electron chi connectivity index (χ3n) is 2.50. The lowest BCUT2D eigenvalue weighted by atomic mass is 10.2. The molecular weight excluding hydrogens is 330 g/mol. The van der Waals surface area contributed by atoms with Crippen molar-refractivity contribution >= 4 is 44.5 Å². The number of rotatable bonds is 4. The Balaban J connectivity index is 1.93. The minimum Gasteiger partial charge on any atom is -0.348 e. The van der Waals surface area contributed by atoms with Crippen molar-refractivity contribution in [3.05, 3.63) is 42.7 Å². The molecule has 1 amide bonds. The largest absolute Gasteiger partial charge is 0.348 e. The fourth-order valence-corrected chi connectivity index (χ4v) is 4.17. The average Bonchev–Trinajstić information content (AvgIpc) is 2.87. The predicted molar refractivity (Wildman–Crippen MR) is 81.7 cm³/mol. The Hall–Kier alpha value is -0.650. The first kappa shape index (κ1) is 13.8. The zero-order valence-corrected chi connectivity index (χ0v) is 13.4. The number of aryl methyl sites for hydroxylation is 1. The van der Waals surface area contributed by atoms with Gasteiger partial charge in [0.05, 0.1) is 0 Å². The second-order valence-corrected chi connectivity index (χ2v) is 7.33. The Morgan fingerprint density at radius 2 is 2.22 bits per heavy atom. The van der Waals surface area contributed by atoms with E-state index in [1.54, 1.807) is 11.3 Å². The third kappa shape index (κ3) is 3.43. The quantitative estimate of drug-likeness (QED) is 0.883. The summed E-state index contributed by atoms with van der Waals surface area (Å²) in [6.45, 7) is 4.13. The van der Waals surface area contributed by atoms with Gasteiger partial charge in [-0.1, -0.05) is 0 Å². The summed E-state index contributed by atoms with van der Waals surface area (Å²) >= 11 is 6.62. The van der Waals surface area contributed by atoms with Gasteiger partial charge >= 0.3 is 0 Å². The first-order valence-electron chi connectivity index (χ1n) is 5.65. The molecule has 2 rings (SSSR count). The van der Waals surface area contributed by atoms with Crippen LogP contribution in [0, 0.1) is 6.92 Å². The summed E-state index contributed by atoms with van der Waals surface area (Å²) in [5.41, 5.74) is 0. The maximum absolute atomic E-state index is 12.0. The van der Waals surface area contributed by atoms with Crippen molar-refractivity contribution in [2.45, 2.75) is 26.3 Å². The molecule has 0 aliphatic rings. The van der Waals surface area contributed by atoms with Crippen molar-refractivity contribution in [1.29, 1.82) is 0 Å². The molecule has 2 nitrogen and oxygen atoms in total. The van der Waals surface area contributed by atoms with Crippen molar-refractivity contribution in [3.8, 4) is 0 Å². The highest BCUT2D eigenvalue weighted by Gasteiger charge is 2.14. The van der Waals surface area contributed by atoms with E-state index >= 15 is 0 Å². The number of nitrogens with one attached hydrogen (secondary N) is 1. The van der Waals surface area contributed by atoms with Crippen LogP contribution in [0.4, 0.5) is 0 Å². The van der Waals surface area contributed by atoms with Gasteiger partial charge in [0, 0.05) is 26.7 Å². The molecule has 0 aliphatic carbocycles. The van der Waals surface area contributed by atoms with Gasteiger partial charge in [-0.15, -0.1) is 22.7 Å². The molecule has 0 radical (unpaired) electrons. The minimum atomic E-state index is -0.00217. The monoisotopic (exact) mass is 343 g/mol. The van der Waals surface area contributed by atoms with Crippen molar-refractivity contribution in [3.63, 3.8) is 0 Å². The molecule has 18 heavy (non-hydrogen) atoms. The van der Waals surface area contributed by atoms with Crippen molar-refractivity contribution in [2.75, 3.05) is 0 Å². The Kier molecular flexibility index (Phi) is 4.59. The maximum Gasteiger partial charge on any atom is 0.262 e. The first-order chi connectivity index (χ1) is 8.56. The van der Waals surface area contributed by atoms with E-state index in [1.807, 2.05) is 18.4 Å². The molecule has 0 bridgehead atoms. The molecule has 0 saturated carbocycles. The van der Waals surface area contributed by atoms with Gasteiger partial charge in [0.1, 0.15) is 4.88 Å². The number of hydrogen-bond acceptors (Lipinski definition) is 3. The number of hydrogen-bond donors (Lipinski definition) is 1. The van der Waals surface area contributed by atoms with Gasteiger partial charge in [-0.2, -0.15) is 0 Å². The molecule has 2 aromatic heterocycles. The van der Waals surface area contributed by atoms with E-state index in [9.17, 15) is 4.79 Å². The molecular formula is C13H14BrNOS2. The van der Waals surface area contributed by atoms with Gasteiger partial charge in [0.2, 0.25) is 0 Å². The van der Waals surface area contributed by atoms with Crippen LogP contribution < -0.4 is 5.32 Å². The van der Waals surface area contributed by atoms with Gasteiger partial charge in [-0.3, -0.25) is 4.79 Å². The van der Waals surface area contributed by atoms with E-state index in [1.165, 1.54) is 21.1 Å². The zero-order chi connectivity index (χ0) is 13.1. The van der Waals surface area contributed by atoms with Crippen molar-refractivity contribution in [2.24, 2.45) is 0 Å². The van der Waals surface area contributed by atoms with Crippen LogP contribution in [0.2, 0.25) is 0 Å². The van der Waals surface area contributed by atoms with E-state index < -0.39 is 0 Å². The van der Waals surface area contributed by atoms with Crippen LogP contribution in [0.3, 0.4) is 0 Å². The third-order valence-corrected chi connectivity index (χ3v) is 5.36. The van der Waals surface area contributed by atoms with E-state index in [0.29, 0.717) is 0 Å². The summed E-state index contributed by atoms with van der Waals surface area (Å²) in [7, 11) is 0. The number of thiophene rings is 2. The topological polar surface area (TPSA) is 29.1 Å². The Morgan fingerprint density at radius 3 is 2.78 bits per heavy atom. The van der Waals surface area contributed by atoms with Crippen LogP contribution in [-0.4, -0.2) is 11.9 Å². The van der Waals surface area contributed by atoms with Crippen LogP contribution in [0.1, 0.15) is 26.3 Å². The number of carbonyl (C=O) groups excluding carboxylic acids is 1. The predicted octanol–water partition coefficient (Wildman–Crippen LogP) is 4.24. The molecule has 0 fully saturated rings. The Bertz CT molecular complexity index is 547. The Morgan fingerprint density at radius 1 is 1.44 bits per heavy atom. The SMILES string of the molecule is Cc1ccc(CC(C)NC(=O)c2sccc2Br)s1. The van der Waals surface area contributed by atoms with Crippen LogP contribution in [-0.2, 0) is 6.42 Å². The molecule has 1 unspecified atom stereocenters. The van der Waals surface area contributed by atoms with Crippen LogP contribution in [0.15, 0.2) is 28.1 Å². The fourth-order valence-electron chi connectivity index (χ4n) is 1.69. The van der Waals surface area contributed by atoms with E-state index in [-0.39, 0.29) is 11.9 Å². The normalized spacial score (nSPS) is 12.4. The molecule has 1 atom stereocenters. The second kappa shape index (κ2) is 5.99. The maximum atomic E-state index is 12.0. The minimum absolute atomic E-state index is 0.00217. The molecule has 96 valence electrons. The zero-order valence-electron chi connectivity index (χ0n) is 10.2. The van der Waals surface area contributed by atoms with Gasteiger partial charge in [-0.05, 0) is 53.4 Å². The summed E-state index contributed by atoms with van der Waals surface area (Å²) in [5.74, 6) is -0.00217. The first-order valence-corrected chi connectivity index (χ1v) is 8.14. The Labute approximate surface area is 123 Å². The number of carbonyl (C=O) groups is 1. The van der Waals surface area contributed by atoms with Crippen LogP contribution in [0.5, 0.6) is 0 Å². The summed E-state index contributed by atoms with van der Waals surface area (Å²) in [6.07, 6.45) is 0.882. The molecule has 0 aliphatic heterocycles. The van der Waals surface area contributed by atoms with Gasteiger partial charge in [-0.25, -0.2) is 0 Å². The molecule has 5 heteroatoms. The highest BCUT2D eigenvalue weighted by atomic mass is 79.9. The number of amides is 1. The van der Waals surface area contributed by atoms with Crippen LogP contribution >= 0.6 is 38.6 Å². The van der Waals surface area contributed by atoms with Crippen molar-refractivity contribution in [1.82, 2.24) is 5.32 Å². The second-order valence-electron chi connectivity index (χ2n) is 4.19. The molecule has 0 aromatic carbocycles. The summed E-state index contributed by atoms with van der Waals surface area (Å²) in [4.78, 5) is 15.4. The highest BCUT2D eigenvalue weighted by Crippen LogP contribution is 2.23. The van der Waals surface area contributed by atoms with E-state index in [2.05, 4.69) is 40.3 Å². The van der Waals surface area contributed by atoms with E-state index in [4.69, 9.17) is 0 Å².